The van der Waals surface area contributed by atoms with E-state index in [1.54, 1.807) is 36.5 Å². The van der Waals surface area contributed by atoms with Crippen LogP contribution in [0.25, 0.3) is 5.57 Å². The molecule has 0 aliphatic heterocycles. The van der Waals surface area contributed by atoms with E-state index in [1.807, 2.05) is 37.4 Å². The van der Waals surface area contributed by atoms with Gasteiger partial charge in [0.2, 0.25) is 5.91 Å². The lowest BCUT2D eigenvalue weighted by atomic mass is 9.72. The molecular weight excluding hydrogens is 444 g/mol. The number of nitrogens with zero attached hydrogens (tertiary/aromatic N) is 1. The van der Waals surface area contributed by atoms with Crippen molar-refractivity contribution in [1.82, 2.24) is 10.3 Å². The molecule has 186 valence electrons. The number of benzene rings is 1. The third-order valence-corrected chi connectivity index (χ3v) is 6.32. The van der Waals surface area contributed by atoms with Gasteiger partial charge in [0.15, 0.2) is 0 Å². The molecule has 2 N–H and O–H groups in total. The minimum Gasteiger partial charge on any atom is -0.508 e. The summed E-state index contributed by atoms with van der Waals surface area (Å²) in [5.74, 6) is 0.0648. The lowest BCUT2D eigenvalue weighted by Gasteiger charge is -2.32. The first-order valence-electron chi connectivity index (χ1n) is 12.2. The molecule has 0 radical (unpaired) electrons. The maximum atomic E-state index is 12.2. The molecule has 2 aromatic rings. The van der Waals surface area contributed by atoms with E-state index in [4.69, 9.17) is 0 Å². The largest absolute Gasteiger partial charge is 0.508 e. The second kappa shape index (κ2) is 12.2. The Kier molecular flexibility index (Phi) is 9.02. The molecule has 1 aromatic carbocycles. The molecule has 4 heteroatoms. The van der Waals surface area contributed by atoms with Crippen LogP contribution in [0.5, 0.6) is 5.75 Å². The van der Waals surface area contributed by atoms with Crippen molar-refractivity contribution < 1.29 is 9.90 Å². The molecule has 0 saturated heterocycles. The summed E-state index contributed by atoms with van der Waals surface area (Å²) in [6.07, 6.45) is 18.9. The van der Waals surface area contributed by atoms with Crippen LogP contribution in [0.15, 0.2) is 114 Å². The maximum absolute atomic E-state index is 12.2. The Labute approximate surface area is 215 Å². The zero-order valence-corrected chi connectivity index (χ0v) is 21.9. The average Bonchev–Trinajstić information content (AvgIpc) is 2.84. The van der Waals surface area contributed by atoms with E-state index < -0.39 is 0 Å². The van der Waals surface area contributed by atoms with Crippen molar-refractivity contribution >= 4 is 11.5 Å². The molecule has 1 aliphatic rings. The summed E-state index contributed by atoms with van der Waals surface area (Å²) < 4.78 is 0. The van der Waals surface area contributed by atoms with Gasteiger partial charge in [0.05, 0.1) is 0 Å². The van der Waals surface area contributed by atoms with Gasteiger partial charge in [-0.25, -0.2) is 0 Å². The number of aromatic hydroxyl groups is 1. The highest BCUT2D eigenvalue weighted by Crippen LogP contribution is 2.43. The first kappa shape index (κ1) is 26.7. The molecule has 1 aliphatic carbocycles. The number of nitrogens with one attached hydrogen (secondary N) is 1. The number of amides is 1. The fraction of sp³-hybridized carbons (Fsp3) is 0.250. The highest BCUT2D eigenvalue weighted by atomic mass is 16.3. The zero-order chi connectivity index (χ0) is 26.1. The van der Waals surface area contributed by atoms with Gasteiger partial charge in [-0.05, 0) is 84.2 Å². The summed E-state index contributed by atoms with van der Waals surface area (Å²) in [4.78, 5) is 16.5. The molecule has 1 heterocycles. The summed E-state index contributed by atoms with van der Waals surface area (Å²) in [6, 6.07) is 10.9. The van der Waals surface area contributed by atoms with Crippen LogP contribution in [-0.4, -0.2) is 16.0 Å². The number of hydrogen-bond acceptors (Lipinski definition) is 3. The van der Waals surface area contributed by atoms with Gasteiger partial charge in [0.1, 0.15) is 5.75 Å². The highest BCUT2D eigenvalue weighted by Gasteiger charge is 2.27. The molecule has 1 aromatic heterocycles. The molecule has 0 atom stereocenters. The predicted octanol–water partition coefficient (Wildman–Crippen LogP) is 7.24. The summed E-state index contributed by atoms with van der Waals surface area (Å²) >= 11 is 0. The standard InChI is InChI=1S/C32H36N2O2/c1-23(8-6-9-24(2)20-31(36)34-21-26-12-14-28(35)15-13-26)11-16-30-25(3)29(17-18-32(30,4)5)27-10-7-19-33-22-27/h6-17,19-20,22,35H,18,21H2,1-5H3,(H,34,36)/b9-6+,16-11+,23-8+,24-20+. The van der Waals surface area contributed by atoms with Gasteiger partial charge in [-0.3, -0.25) is 9.78 Å². The number of allylic oxidation sites excluding steroid dienone is 11. The molecule has 0 bridgehead atoms. The molecular formula is C32H36N2O2. The Balaban J connectivity index is 1.63. The molecule has 0 fully saturated rings. The van der Waals surface area contributed by atoms with Gasteiger partial charge in [-0.15, -0.1) is 0 Å². The van der Waals surface area contributed by atoms with Crippen molar-refractivity contribution in [3.8, 4) is 5.75 Å². The molecule has 1 amide bonds. The van der Waals surface area contributed by atoms with E-state index in [0.717, 1.165) is 28.7 Å². The quantitative estimate of drug-likeness (QED) is 0.309. The highest BCUT2D eigenvalue weighted by molar-refractivity contribution is 5.88. The number of rotatable bonds is 8. The van der Waals surface area contributed by atoms with Gasteiger partial charge in [-0.2, -0.15) is 0 Å². The molecule has 4 nitrogen and oxygen atoms in total. The number of phenols is 1. The third kappa shape index (κ3) is 7.54. The Bertz CT molecular complexity index is 1250. The van der Waals surface area contributed by atoms with Crippen molar-refractivity contribution in [1.29, 1.82) is 0 Å². The van der Waals surface area contributed by atoms with Crippen LogP contribution >= 0.6 is 0 Å². The summed E-state index contributed by atoms with van der Waals surface area (Å²) in [5.41, 5.74) is 8.03. The van der Waals surface area contributed by atoms with Crippen molar-refractivity contribution in [2.24, 2.45) is 5.41 Å². The number of phenolic OH excluding ortho intramolecular Hbond substituents is 1. The predicted molar refractivity (Wildman–Crippen MR) is 149 cm³/mol. The fourth-order valence-electron chi connectivity index (χ4n) is 4.21. The van der Waals surface area contributed by atoms with Gasteiger partial charge >= 0.3 is 0 Å². The van der Waals surface area contributed by atoms with Crippen LogP contribution in [0.3, 0.4) is 0 Å². The van der Waals surface area contributed by atoms with Crippen LogP contribution in [0.2, 0.25) is 0 Å². The summed E-state index contributed by atoms with van der Waals surface area (Å²) in [7, 11) is 0. The molecule has 0 spiro atoms. The van der Waals surface area contributed by atoms with Crippen molar-refractivity contribution in [2.45, 2.75) is 47.6 Å². The second-order valence-corrected chi connectivity index (χ2v) is 9.86. The van der Waals surface area contributed by atoms with Gasteiger partial charge in [0, 0.05) is 25.0 Å². The van der Waals surface area contributed by atoms with Crippen LogP contribution in [0.4, 0.5) is 0 Å². The minimum atomic E-state index is -0.148. The van der Waals surface area contributed by atoms with E-state index in [-0.39, 0.29) is 17.1 Å². The lowest BCUT2D eigenvalue weighted by Crippen LogP contribution is -2.20. The van der Waals surface area contributed by atoms with Gasteiger partial charge in [0.25, 0.3) is 0 Å². The number of pyridine rings is 1. The Hall–Kier alpha value is -3.92. The normalized spacial score (nSPS) is 16.5. The molecule has 0 saturated carbocycles. The zero-order valence-electron chi connectivity index (χ0n) is 21.9. The van der Waals surface area contributed by atoms with Crippen LogP contribution in [0, 0.1) is 5.41 Å². The van der Waals surface area contributed by atoms with E-state index in [9.17, 15) is 9.90 Å². The molecule has 3 rings (SSSR count). The number of carbonyl (C=O) groups excluding carboxylic acids is 1. The van der Waals surface area contributed by atoms with Crippen LogP contribution < -0.4 is 5.32 Å². The topological polar surface area (TPSA) is 62.2 Å². The van der Waals surface area contributed by atoms with E-state index in [0.29, 0.717) is 6.54 Å². The smallest absolute Gasteiger partial charge is 0.244 e. The SMILES string of the molecule is CC1=C(/C=C/C(C)=C/C=C/C(C)=C/C(=O)NCc2ccc(O)cc2)C(C)(C)CC=C1c1cccnc1. The minimum absolute atomic E-state index is 0.0647. The van der Waals surface area contributed by atoms with Crippen molar-refractivity contribution in [3.63, 3.8) is 0 Å². The summed E-state index contributed by atoms with van der Waals surface area (Å²) in [6.45, 7) is 11.2. The number of aromatic nitrogens is 1. The van der Waals surface area contributed by atoms with E-state index >= 15 is 0 Å². The molecule has 36 heavy (non-hydrogen) atoms. The lowest BCUT2D eigenvalue weighted by molar-refractivity contribution is -0.116. The Morgan fingerprint density at radius 1 is 1.11 bits per heavy atom. The van der Waals surface area contributed by atoms with E-state index in [2.05, 4.69) is 62.3 Å². The van der Waals surface area contributed by atoms with E-state index in [1.165, 1.54) is 16.7 Å². The van der Waals surface area contributed by atoms with Crippen LogP contribution in [0.1, 0.15) is 52.2 Å². The van der Waals surface area contributed by atoms with Crippen molar-refractivity contribution in [3.05, 3.63) is 125 Å². The van der Waals surface area contributed by atoms with Gasteiger partial charge in [-0.1, -0.05) is 74.1 Å². The average molecular weight is 481 g/mol. The Morgan fingerprint density at radius 3 is 2.56 bits per heavy atom. The first-order valence-corrected chi connectivity index (χ1v) is 12.2. The fourth-order valence-corrected chi connectivity index (χ4v) is 4.21. The Morgan fingerprint density at radius 2 is 1.86 bits per heavy atom. The maximum Gasteiger partial charge on any atom is 0.244 e. The van der Waals surface area contributed by atoms with Crippen LogP contribution in [-0.2, 0) is 11.3 Å². The first-order chi connectivity index (χ1) is 17.2. The van der Waals surface area contributed by atoms with Gasteiger partial charge < -0.3 is 10.4 Å². The summed E-state index contributed by atoms with van der Waals surface area (Å²) in [5, 5.41) is 12.2. The number of hydrogen-bond donors (Lipinski definition) is 2. The third-order valence-electron chi connectivity index (χ3n) is 6.32. The monoisotopic (exact) mass is 480 g/mol. The molecule has 0 unspecified atom stereocenters. The second-order valence-electron chi connectivity index (χ2n) is 9.86. The van der Waals surface area contributed by atoms with Crippen molar-refractivity contribution in [2.75, 3.05) is 0 Å². The number of carbonyl (C=O) groups is 1.